The Morgan fingerprint density at radius 2 is 1.89 bits per heavy atom. The van der Waals surface area contributed by atoms with Crippen LogP contribution in [-0.2, 0) is 11.3 Å². The molecule has 27 heavy (non-hydrogen) atoms. The summed E-state index contributed by atoms with van der Waals surface area (Å²) in [5.74, 6) is 1.93. The van der Waals surface area contributed by atoms with Crippen molar-refractivity contribution < 1.29 is 9.53 Å². The highest BCUT2D eigenvalue weighted by molar-refractivity contribution is 14.0. The lowest BCUT2D eigenvalue weighted by Crippen LogP contribution is -2.38. The lowest BCUT2D eigenvalue weighted by molar-refractivity contribution is -0.116. The standard InChI is InChI=1S/C19H25N5O2.HI/c1-14-4-9-17(22-12-14)24-18(25)10-11-21-19(20-2)23-13-15-5-7-16(26-3)8-6-15;/h4-9,12H,10-11,13H2,1-3H3,(H2,20,21,23)(H,22,24,25);1H. The maximum atomic E-state index is 11.9. The summed E-state index contributed by atoms with van der Waals surface area (Å²) in [6.07, 6.45) is 2.04. The van der Waals surface area contributed by atoms with E-state index in [1.807, 2.05) is 37.3 Å². The summed E-state index contributed by atoms with van der Waals surface area (Å²) in [7, 11) is 3.34. The first-order valence-corrected chi connectivity index (χ1v) is 8.40. The molecule has 2 rings (SSSR count). The number of guanidine groups is 1. The molecule has 0 saturated carbocycles. The molecule has 1 aromatic heterocycles. The zero-order valence-corrected chi connectivity index (χ0v) is 18.1. The van der Waals surface area contributed by atoms with E-state index in [-0.39, 0.29) is 29.9 Å². The van der Waals surface area contributed by atoms with Crippen LogP contribution in [0.4, 0.5) is 5.82 Å². The predicted molar refractivity (Wildman–Crippen MR) is 119 cm³/mol. The van der Waals surface area contributed by atoms with E-state index in [9.17, 15) is 4.79 Å². The molecule has 0 aliphatic carbocycles. The summed E-state index contributed by atoms with van der Waals surface area (Å²) in [4.78, 5) is 20.3. The number of aryl methyl sites for hydroxylation is 1. The van der Waals surface area contributed by atoms with Gasteiger partial charge in [0.2, 0.25) is 5.91 Å². The van der Waals surface area contributed by atoms with E-state index in [2.05, 4.69) is 25.9 Å². The van der Waals surface area contributed by atoms with Crippen molar-refractivity contribution in [2.75, 3.05) is 26.0 Å². The van der Waals surface area contributed by atoms with Gasteiger partial charge in [0, 0.05) is 32.8 Å². The van der Waals surface area contributed by atoms with E-state index in [1.54, 1.807) is 26.4 Å². The molecule has 1 aromatic carbocycles. The van der Waals surface area contributed by atoms with Crippen LogP contribution in [-0.4, -0.2) is 37.6 Å². The number of carbonyl (C=O) groups excluding carboxylic acids is 1. The Morgan fingerprint density at radius 1 is 1.15 bits per heavy atom. The summed E-state index contributed by atoms with van der Waals surface area (Å²) in [6.45, 7) is 3.05. The Labute approximate surface area is 177 Å². The topological polar surface area (TPSA) is 87.6 Å². The van der Waals surface area contributed by atoms with Crippen molar-refractivity contribution in [3.05, 3.63) is 53.7 Å². The molecule has 0 bridgehead atoms. The van der Waals surface area contributed by atoms with Gasteiger partial charge in [0.05, 0.1) is 7.11 Å². The lowest BCUT2D eigenvalue weighted by Gasteiger charge is -2.12. The van der Waals surface area contributed by atoms with Crippen LogP contribution in [0.3, 0.4) is 0 Å². The molecule has 0 unspecified atom stereocenters. The second-order valence-electron chi connectivity index (χ2n) is 5.72. The summed E-state index contributed by atoms with van der Waals surface area (Å²) < 4.78 is 5.14. The predicted octanol–water partition coefficient (Wildman–Crippen LogP) is 2.71. The fraction of sp³-hybridized carbons (Fsp3) is 0.316. The van der Waals surface area contributed by atoms with Gasteiger partial charge in [-0.2, -0.15) is 0 Å². The highest BCUT2D eigenvalue weighted by atomic mass is 127. The maximum Gasteiger partial charge on any atom is 0.227 e. The van der Waals surface area contributed by atoms with Crippen LogP contribution >= 0.6 is 24.0 Å². The quantitative estimate of drug-likeness (QED) is 0.320. The second kappa shape index (κ2) is 12.1. The smallest absolute Gasteiger partial charge is 0.227 e. The third-order valence-corrected chi connectivity index (χ3v) is 3.67. The van der Waals surface area contributed by atoms with Crippen LogP contribution in [0, 0.1) is 6.92 Å². The number of anilines is 1. The highest BCUT2D eigenvalue weighted by Gasteiger charge is 2.04. The third kappa shape index (κ3) is 8.25. The van der Waals surface area contributed by atoms with Gasteiger partial charge in [-0.25, -0.2) is 4.98 Å². The SMILES string of the molecule is CN=C(NCCC(=O)Nc1ccc(C)cn1)NCc1ccc(OC)cc1.I. The van der Waals surface area contributed by atoms with Crippen molar-refractivity contribution in [1.29, 1.82) is 0 Å². The van der Waals surface area contributed by atoms with E-state index in [4.69, 9.17) is 4.74 Å². The molecule has 1 amide bonds. The van der Waals surface area contributed by atoms with E-state index < -0.39 is 0 Å². The molecule has 7 nitrogen and oxygen atoms in total. The van der Waals surface area contributed by atoms with Crippen molar-refractivity contribution in [1.82, 2.24) is 15.6 Å². The van der Waals surface area contributed by atoms with Gasteiger partial charge in [-0.1, -0.05) is 18.2 Å². The van der Waals surface area contributed by atoms with Gasteiger partial charge in [0.1, 0.15) is 11.6 Å². The molecule has 0 saturated heterocycles. The first-order chi connectivity index (χ1) is 12.6. The van der Waals surface area contributed by atoms with Crippen LogP contribution in [0.2, 0.25) is 0 Å². The summed E-state index contributed by atoms with van der Waals surface area (Å²) in [5, 5.41) is 9.10. The Kier molecular flexibility index (Phi) is 10.2. The largest absolute Gasteiger partial charge is 0.497 e. The zero-order valence-electron chi connectivity index (χ0n) is 15.8. The number of pyridine rings is 1. The monoisotopic (exact) mass is 483 g/mol. The van der Waals surface area contributed by atoms with Crippen molar-refractivity contribution in [2.45, 2.75) is 19.9 Å². The van der Waals surface area contributed by atoms with E-state index >= 15 is 0 Å². The lowest BCUT2D eigenvalue weighted by atomic mass is 10.2. The van der Waals surface area contributed by atoms with Crippen LogP contribution < -0.4 is 20.7 Å². The number of aromatic nitrogens is 1. The number of halogens is 1. The average Bonchev–Trinajstić information content (AvgIpc) is 2.66. The number of nitrogens with zero attached hydrogens (tertiary/aromatic N) is 2. The number of rotatable bonds is 7. The molecule has 0 spiro atoms. The fourth-order valence-electron chi connectivity index (χ4n) is 2.19. The highest BCUT2D eigenvalue weighted by Crippen LogP contribution is 2.10. The molecule has 0 atom stereocenters. The Bertz CT molecular complexity index is 733. The molecular formula is C19H26IN5O2. The average molecular weight is 483 g/mol. The van der Waals surface area contributed by atoms with Crippen molar-refractivity contribution >= 4 is 41.7 Å². The van der Waals surface area contributed by atoms with Crippen molar-refractivity contribution in [2.24, 2.45) is 4.99 Å². The third-order valence-electron chi connectivity index (χ3n) is 3.67. The molecule has 146 valence electrons. The number of benzene rings is 1. The minimum absolute atomic E-state index is 0. The maximum absolute atomic E-state index is 11.9. The molecule has 0 aliphatic heterocycles. The number of ether oxygens (including phenoxy) is 1. The molecule has 3 N–H and O–H groups in total. The molecule has 2 aromatic rings. The minimum atomic E-state index is -0.0977. The van der Waals surface area contributed by atoms with Gasteiger partial charge < -0.3 is 20.7 Å². The Morgan fingerprint density at radius 3 is 2.48 bits per heavy atom. The van der Waals surface area contributed by atoms with Crippen LogP contribution in [0.5, 0.6) is 5.75 Å². The molecule has 1 heterocycles. The molecule has 0 aliphatic rings. The second-order valence-corrected chi connectivity index (χ2v) is 5.72. The van der Waals surface area contributed by atoms with Gasteiger partial charge in [0.15, 0.2) is 5.96 Å². The number of aliphatic imine (C=N–C) groups is 1. The first kappa shape index (κ1) is 22.7. The van der Waals surface area contributed by atoms with Gasteiger partial charge in [-0.15, -0.1) is 24.0 Å². The van der Waals surface area contributed by atoms with Crippen LogP contribution in [0.25, 0.3) is 0 Å². The van der Waals surface area contributed by atoms with Crippen LogP contribution in [0.15, 0.2) is 47.6 Å². The van der Waals surface area contributed by atoms with Gasteiger partial charge in [-0.3, -0.25) is 9.79 Å². The number of nitrogens with one attached hydrogen (secondary N) is 3. The van der Waals surface area contributed by atoms with E-state index in [0.717, 1.165) is 16.9 Å². The normalized spacial score (nSPS) is 10.6. The number of methoxy groups -OCH3 is 1. The van der Waals surface area contributed by atoms with Crippen LogP contribution in [0.1, 0.15) is 17.5 Å². The minimum Gasteiger partial charge on any atom is -0.497 e. The molecule has 0 radical (unpaired) electrons. The fourth-order valence-corrected chi connectivity index (χ4v) is 2.19. The van der Waals surface area contributed by atoms with Gasteiger partial charge in [-0.05, 0) is 36.2 Å². The molecular weight excluding hydrogens is 457 g/mol. The van der Waals surface area contributed by atoms with Crippen molar-refractivity contribution in [3.8, 4) is 5.75 Å². The molecule has 0 fully saturated rings. The number of amides is 1. The summed E-state index contributed by atoms with van der Waals surface area (Å²) >= 11 is 0. The number of hydrogen-bond acceptors (Lipinski definition) is 4. The number of hydrogen-bond donors (Lipinski definition) is 3. The zero-order chi connectivity index (χ0) is 18.8. The van der Waals surface area contributed by atoms with Gasteiger partial charge >= 0.3 is 0 Å². The first-order valence-electron chi connectivity index (χ1n) is 8.40. The van der Waals surface area contributed by atoms with Gasteiger partial charge in [0.25, 0.3) is 0 Å². The summed E-state index contributed by atoms with van der Waals surface area (Å²) in [6, 6.07) is 11.5. The van der Waals surface area contributed by atoms with Crippen molar-refractivity contribution in [3.63, 3.8) is 0 Å². The summed E-state index contributed by atoms with van der Waals surface area (Å²) in [5.41, 5.74) is 2.16. The van der Waals surface area contributed by atoms with E-state index in [0.29, 0.717) is 31.3 Å². The number of carbonyl (C=O) groups is 1. The van der Waals surface area contributed by atoms with E-state index in [1.165, 1.54) is 0 Å². The molecule has 8 heteroatoms. The Hall–Kier alpha value is -2.36. The Balaban J connectivity index is 0.00000364.